The second-order valence-electron chi connectivity index (χ2n) is 13.0. The minimum absolute atomic E-state index is 0.100. The number of esters is 1. The number of methoxy groups -OCH3 is 1. The van der Waals surface area contributed by atoms with Gasteiger partial charge in [-0.05, 0) is 47.9 Å². The number of benzene rings is 3. The van der Waals surface area contributed by atoms with Gasteiger partial charge in [-0.25, -0.2) is 0 Å². The molecule has 264 valence electrons. The number of carbonyl (C=O) groups excluding carboxylic acids is 4. The maximum atomic E-state index is 15.2. The topological polar surface area (TPSA) is 135 Å². The lowest BCUT2D eigenvalue weighted by atomic mass is 9.74. The first-order valence-electron chi connectivity index (χ1n) is 16.9. The van der Waals surface area contributed by atoms with E-state index in [9.17, 15) is 19.5 Å². The van der Waals surface area contributed by atoms with Gasteiger partial charge in [0.25, 0.3) is 5.91 Å². The molecule has 5 bridgehead atoms. The van der Waals surface area contributed by atoms with Crippen molar-refractivity contribution in [2.75, 3.05) is 31.8 Å². The molecule has 2 N–H and O–H groups in total. The van der Waals surface area contributed by atoms with E-state index >= 15 is 4.79 Å². The van der Waals surface area contributed by atoms with Gasteiger partial charge in [-0.2, -0.15) is 0 Å². The monoisotopic (exact) mass is 755 g/mol. The lowest BCUT2D eigenvalue weighted by molar-refractivity contribution is -0.146. The third-order valence-corrected chi connectivity index (χ3v) is 10.8. The quantitative estimate of drug-likeness (QED) is 0.280. The summed E-state index contributed by atoms with van der Waals surface area (Å²) in [6, 6.07) is 22.3. The van der Waals surface area contributed by atoms with Crippen molar-refractivity contribution < 1.29 is 38.5 Å². The molecule has 4 heterocycles. The summed E-state index contributed by atoms with van der Waals surface area (Å²) in [5.41, 5.74) is 0.340. The number of rotatable bonds is 6. The molecule has 0 radical (unpaired) electrons. The summed E-state index contributed by atoms with van der Waals surface area (Å²) in [5, 5.41) is 13.9. The van der Waals surface area contributed by atoms with Crippen LogP contribution in [0.15, 0.2) is 108 Å². The predicted molar refractivity (Wildman–Crippen MR) is 191 cm³/mol. The van der Waals surface area contributed by atoms with Crippen molar-refractivity contribution in [3.8, 4) is 5.75 Å². The van der Waals surface area contributed by atoms with E-state index in [0.717, 1.165) is 5.56 Å². The molecule has 7 rings (SSSR count). The lowest BCUT2D eigenvalue weighted by Gasteiger charge is -2.38. The molecule has 1 spiro atoms. The Morgan fingerprint density at radius 2 is 1.67 bits per heavy atom. The van der Waals surface area contributed by atoms with Crippen molar-refractivity contribution in [2.45, 2.75) is 42.7 Å². The number of aliphatic hydroxyl groups excluding tert-OH is 1. The number of likely N-dealkylation sites (tertiary alicyclic amines) is 1. The van der Waals surface area contributed by atoms with Gasteiger partial charge in [0, 0.05) is 23.1 Å². The summed E-state index contributed by atoms with van der Waals surface area (Å²) in [5.74, 6) is -3.41. The van der Waals surface area contributed by atoms with E-state index in [1.807, 2.05) is 42.5 Å². The van der Waals surface area contributed by atoms with E-state index < -0.39 is 72.0 Å². The Bertz CT molecular complexity index is 1850. The van der Waals surface area contributed by atoms with Gasteiger partial charge in [0.05, 0.1) is 37.6 Å². The number of amides is 3. The van der Waals surface area contributed by atoms with Crippen molar-refractivity contribution in [1.82, 2.24) is 10.2 Å². The number of carbonyl (C=O) groups is 4. The molecule has 7 atom stereocenters. The Labute approximate surface area is 304 Å². The SMILES string of the molecule is COc1ccc(N2C/C=C\CCC(=O)OC[C@@H](c3ccccc3)NC(=O)[C@@H]3[C@H]4O[C@@]5(C=C4Br)[C@H](C2=O)N([C@H](CO)c2ccccc2)C(=O)[C@@H]35)cc1. The molecule has 4 aliphatic heterocycles. The Morgan fingerprint density at radius 1 is 0.961 bits per heavy atom. The highest BCUT2D eigenvalue weighted by Crippen LogP contribution is 2.60. The smallest absolute Gasteiger partial charge is 0.306 e. The minimum atomic E-state index is -1.54. The highest BCUT2D eigenvalue weighted by molar-refractivity contribution is 9.11. The molecule has 0 unspecified atom stereocenters. The summed E-state index contributed by atoms with van der Waals surface area (Å²) in [6.07, 6.45) is 4.96. The van der Waals surface area contributed by atoms with Crippen LogP contribution in [-0.4, -0.2) is 78.3 Å². The molecule has 12 heteroatoms. The number of ether oxygens (including phenoxy) is 3. The summed E-state index contributed by atoms with van der Waals surface area (Å²) in [7, 11) is 1.55. The summed E-state index contributed by atoms with van der Waals surface area (Å²) in [4.78, 5) is 60.5. The number of nitrogens with zero attached hydrogens (tertiary/aromatic N) is 2. The number of halogens is 1. The molecule has 3 amide bonds. The maximum absolute atomic E-state index is 15.2. The first kappa shape index (κ1) is 34.7. The van der Waals surface area contributed by atoms with Crippen LogP contribution in [0.3, 0.4) is 0 Å². The Morgan fingerprint density at radius 3 is 2.35 bits per heavy atom. The first-order chi connectivity index (χ1) is 24.8. The zero-order valence-corrected chi connectivity index (χ0v) is 29.5. The molecular weight excluding hydrogens is 718 g/mol. The molecule has 51 heavy (non-hydrogen) atoms. The van der Waals surface area contributed by atoms with Gasteiger partial charge in [0.2, 0.25) is 11.8 Å². The molecular formula is C39H38BrN3O8. The molecule has 2 saturated heterocycles. The second-order valence-corrected chi connectivity index (χ2v) is 13.9. The van der Waals surface area contributed by atoms with Crippen molar-refractivity contribution in [1.29, 1.82) is 0 Å². The third kappa shape index (κ3) is 6.25. The number of nitrogens with one attached hydrogen (secondary N) is 1. The van der Waals surface area contributed by atoms with Gasteiger partial charge >= 0.3 is 5.97 Å². The van der Waals surface area contributed by atoms with Gasteiger partial charge in [-0.3, -0.25) is 19.2 Å². The van der Waals surface area contributed by atoms with Crippen LogP contribution in [0.4, 0.5) is 5.69 Å². The van der Waals surface area contributed by atoms with Crippen LogP contribution in [0.25, 0.3) is 0 Å². The van der Waals surface area contributed by atoms with Crippen LogP contribution in [0, 0.1) is 11.8 Å². The second kappa shape index (κ2) is 14.5. The van der Waals surface area contributed by atoms with Crippen molar-refractivity contribution in [3.63, 3.8) is 0 Å². The van der Waals surface area contributed by atoms with E-state index in [0.29, 0.717) is 27.9 Å². The van der Waals surface area contributed by atoms with Crippen molar-refractivity contribution in [3.05, 3.63) is 119 Å². The molecule has 4 aliphatic rings. The van der Waals surface area contributed by atoms with Gasteiger partial charge in [0.15, 0.2) is 0 Å². The van der Waals surface area contributed by atoms with Crippen molar-refractivity contribution in [2.24, 2.45) is 11.8 Å². The van der Waals surface area contributed by atoms with Crippen molar-refractivity contribution >= 4 is 45.3 Å². The molecule has 0 aromatic heterocycles. The van der Waals surface area contributed by atoms with Gasteiger partial charge in [0.1, 0.15) is 30.1 Å². The Kier molecular flexibility index (Phi) is 9.82. The predicted octanol–water partition coefficient (Wildman–Crippen LogP) is 4.39. The fraction of sp³-hybridized carbons (Fsp3) is 0.333. The number of aliphatic hydroxyl groups is 1. The molecule has 11 nitrogen and oxygen atoms in total. The summed E-state index contributed by atoms with van der Waals surface area (Å²) >= 11 is 3.62. The number of hydrogen-bond donors (Lipinski definition) is 2. The van der Waals surface area contributed by atoms with Crippen LogP contribution < -0.4 is 15.0 Å². The van der Waals surface area contributed by atoms with E-state index in [4.69, 9.17) is 14.2 Å². The standard InChI is InChI=1S/C39H38BrN3O8/c1-49-27-18-16-26(17-19-27)42-20-10-4-9-15-31(45)50-23-29(24-11-5-2-6-12-24)41-36(46)32-33-37(47)43(30(22-44)25-13-7-3-8-14-25)35(38(42)48)39(33)21-28(40)34(32)51-39/h2-8,10-14,16-19,21,29-30,32-35,44H,9,15,20,22-23H2,1H3,(H,41,46)/b10-4-/t29-,30+,32-,33+,34-,35-,39+/m0/s1. The van der Waals surface area contributed by atoms with E-state index in [1.165, 1.54) is 4.90 Å². The van der Waals surface area contributed by atoms with Crippen LogP contribution >= 0.6 is 15.9 Å². The zero-order chi connectivity index (χ0) is 35.7. The number of hydrogen-bond acceptors (Lipinski definition) is 8. The number of cyclic esters (lactones) is 1. The van der Waals surface area contributed by atoms with Crippen LogP contribution in [0.1, 0.15) is 36.1 Å². The normalized spacial score (nSPS) is 29.2. The Balaban J connectivity index is 1.37. The Hall–Kier alpha value is -4.78. The first-order valence-corrected chi connectivity index (χ1v) is 17.7. The average molecular weight is 757 g/mol. The van der Waals surface area contributed by atoms with Crippen LogP contribution in [-0.2, 0) is 28.7 Å². The van der Waals surface area contributed by atoms with E-state index in [1.54, 1.807) is 72.7 Å². The molecule has 0 saturated carbocycles. The number of fused-ring (bicyclic) bond motifs is 2. The highest BCUT2D eigenvalue weighted by Gasteiger charge is 2.75. The lowest BCUT2D eigenvalue weighted by Crippen LogP contribution is -2.57. The largest absolute Gasteiger partial charge is 0.497 e. The molecule has 0 aliphatic carbocycles. The molecule has 3 aromatic rings. The fourth-order valence-electron chi connectivity index (χ4n) is 7.75. The minimum Gasteiger partial charge on any atom is -0.497 e. The third-order valence-electron chi connectivity index (χ3n) is 10.1. The van der Waals surface area contributed by atoms with E-state index in [2.05, 4.69) is 21.2 Å². The van der Waals surface area contributed by atoms with Gasteiger partial charge in [-0.1, -0.05) is 88.7 Å². The van der Waals surface area contributed by atoms with Gasteiger partial charge in [-0.15, -0.1) is 0 Å². The summed E-state index contributed by atoms with van der Waals surface area (Å²) < 4.78 is 18.3. The van der Waals surface area contributed by atoms with Crippen LogP contribution in [0.2, 0.25) is 0 Å². The number of allylic oxidation sites excluding steroid dienone is 1. The summed E-state index contributed by atoms with van der Waals surface area (Å²) in [6.45, 7) is -0.489. The highest BCUT2D eigenvalue weighted by atomic mass is 79.9. The number of anilines is 1. The molecule has 2 fully saturated rings. The van der Waals surface area contributed by atoms with Crippen LogP contribution in [0.5, 0.6) is 5.75 Å². The maximum Gasteiger partial charge on any atom is 0.306 e. The average Bonchev–Trinajstić information content (AvgIpc) is 3.75. The molecule has 3 aromatic carbocycles. The van der Waals surface area contributed by atoms with Gasteiger partial charge < -0.3 is 34.4 Å². The zero-order valence-electron chi connectivity index (χ0n) is 27.9. The fourth-order valence-corrected chi connectivity index (χ4v) is 8.49. The van der Waals surface area contributed by atoms with E-state index in [-0.39, 0.29) is 19.6 Å².